The summed E-state index contributed by atoms with van der Waals surface area (Å²) >= 11 is 0. The van der Waals surface area contributed by atoms with Crippen LogP contribution in [0.25, 0.3) is 0 Å². The van der Waals surface area contributed by atoms with Crippen molar-refractivity contribution in [3.63, 3.8) is 0 Å². The molecule has 0 aromatic heterocycles. The van der Waals surface area contributed by atoms with E-state index in [9.17, 15) is 9.59 Å². The second-order valence-corrected chi connectivity index (χ2v) is 4.69. The Morgan fingerprint density at radius 3 is 2.17 bits per heavy atom. The van der Waals surface area contributed by atoms with Crippen LogP contribution in [0.15, 0.2) is 0 Å². The fourth-order valence-electron chi connectivity index (χ4n) is 1.95. The van der Waals surface area contributed by atoms with Crippen LogP contribution in [-0.2, 0) is 9.53 Å². The molecule has 0 saturated carbocycles. The summed E-state index contributed by atoms with van der Waals surface area (Å²) in [7, 11) is 1.36. The number of hydrogen-bond donors (Lipinski definition) is 1. The first-order valence-corrected chi connectivity index (χ1v) is 6.38. The summed E-state index contributed by atoms with van der Waals surface area (Å²) in [5.41, 5.74) is 5.93. The van der Waals surface area contributed by atoms with Gasteiger partial charge in [0.15, 0.2) is 0 Å². The Morgan fingerprint density at radius 1 is 1.22 bits per heavy atom. The predicted molar refractivity (Wildman–Crippen MR) is 68.0 cm³/mol. The second-order valence-electron chi connectivity index (χ2n) is 4.69. The molecule has 104 valence electrons. The molecular formula is C12H23N3O3. The minimum atomic E-state index is -0.445. The van der Waals surface area contributed by atoms with E-state index in [1.54, 1.807) is 9.80 Å². The van der Waals surface area contributed by atoms with Gasteiger partial charge in [0.25, 0.3) is 0 Å². The van der Waals surface area contributed by atoms with Gasteiger partial charge in [-0.3, -0.25) is 4.79 Å². The van der Waals surface area contributed by atoms with E-state index in [1.807, 2.05) is 13.8 Å². The standard InChI is InChI=1S/C12H23N3O3/c1-4-9(2)10(13)11(16)14-5-7-15(8-6-14)12(17)18-3/h9-10H,4-8,13H2,1-3H3. The van der Waals surface area contributed by atoms with Crippen molar-refractivity contribution in [1.29, 1.82) is 0 Å². The number of amides is 2. The van der Waals surface area contributed by atoms with Crippen LogP contribution < -0.4 is 5.73 Å². The lowest BCUT2D eigenvalue weighted by Crippen LogP contribution is -2.55. The second kappa shape index (κ2) is 6.58. The van der Waals surface area contributed by atoms with Gasteiger partial charge >= 0.3 is 6.09 Å². The van der Waals surface area contributed by atoms with Crippen LogP contribution in [0.2, 0.25) is 0 Å². The first-order valence-electron chi connectivity index (χ1n) is 6.38. The molecule has 1 heterocycles. The molecule has 1 rings (SSSR count). The molecule has 0 aromatic carbocycles. The van der Waals surface area contributed by atoms with E-state index in [-0.39, 0.29) is 17.9 Å². The summed E-state index contributed by atoms with van der Waals surface area (Å²) in [5.74, 6) is 0.157. The molecule has 1 aliphatic heterocycles. The fraction of sp³-hybridized carbons (Fsp3) is 0.833. The van der Waals surface area contributed by atoms with Crippen molar-refractivity contribution in [3.8, 4) is 0 Å². The maximum absolute atomic E-state index is 12.1. The normalized spacial score (nSPS) is 19.3. The smallest absolute Gasteiger partial charge is 0.409 e. The third-order valence-corrected chi connectivity index (χ3v) is 3.57. The van der Waals surface area contributed by atoms with Gasteiger partial charge in [-0.05, 0) is 5.92 Å². The Bertz CT molecular complexity index is 301. The monoisotopic (exact) mass is 257 g/mol. The summed E-state index contributed by atoms with van der Waals surface area (Å²) in [5, 5.41) is 0. The van der Waals surface area contributed by atoms with E-state index in [0.29, 0.717) is 26.2 Å². The third kappa shape index (κ3) is 3.35. The van der Waals surface area contributed by atoms with Crippen molar-refractivity contribution in [1.82, 2.24) is 9.80 Å². The lowest BCUT2D eigenvalue weighted by Gasteiger charge is -2.35. The number of piperazine rings is 1. The minimum Gasteiger partial charge on any atom is -0.453 e. The number of nitrogens with zero attached hydrogens (tertiary/aromatic N) is 2. The van der Waals surface area contributed by atoms with Gasteiger partial charge in [0.05, 0.1) is 13.2 Å². The maximum Gasteiger partial charge on any atom is 0.409 e. The first kappa shape index (κ1) is 14.8. The van der Waals surface area contributed by atoms with Crippen molar-refractivity contribution in [3.05, 3.63) is 0 Å². The molecule has 6 heteroatoms. The van der Waals surface area contributed by atoms with E-state index in [0.717, 1.165) is 6.42 Å². The number of methoxy groups -OCH3 is 1. The first-order chi connectivity index (χ1) is 8.51. The van der Waals surface area contributed by atoms with Crippen LogP contribution in [0.5, 0.6) is 0 Å². The number of carbonyl (C=O) groups excluding carboxylic acids is 2. The van der Waals surface area contributed by atoms with Crippen LogP contribution >= 0.6 is 0 Å². The number of hydrogen-bond acceptors (Lipinski definition) is 4. The zero-order valence-corrected chi connectivity index (χ0v) is 11.4. The summed E-state index contributed by atoms with van der Waals surface area (Å²) in [6.07, 6.45) is 0.544. The van der Waals surface area contributed by atoms with Crippen LogP contribution in [-0.4, -0.2) is 61.1 Å². The van der Waals surface area contributed by atoms with E-state index in [2.05, 4.69) is 4.74 Å². The molecule has 1 aliphatic rings. The number of carbonyl (C=O) groups is 2. The SMILES string of the molecule is CCC(C)C(N)C(=O)N1CCN(C(=O)OC)CC1. The Balaban J connectivity index is 2.47. The third-order valence-electron chi connectivity index (χ3n) is 3.57. The molecule has 0 radical (unpaired) electrons. The molecule has 2 amide bonds. The van der Waals surface area contributed by atoms with Gasteiger partial charge in [-0.15, -0.1) is 0 Å². The van der Waals surface area contributed by atoms with Crippen molar-refractivity contribution in [2.45, 2.75) is 26.3 Å². The molecule has 0 aliphatic carbocycles. The Kier molecular flexibility index (Phi) is 5.40. The predicted octanol–water partition coefficient (Wildman–Crippen LogP) is 0.270. The van der Waals surface area contributed by atoms with Gasteiger partial charge in [-0.1, -0.05) is 20.3 Å². The molecule has 1 fully saturated rings. The summed E-state index contributed by atoms with van der Waals surface area (Å²) in [6.45, 7) is 6.06. The Morgan fingerprint density at radius 2 is 1.72 bits per heavy atom. The molecule has 2 N–H and O–H groups in total. The van der Waals surface area contributed by atoms with Crippen molar-refractivity contribution in [2.75, 3.05) is 33.3 Å². The van der Waals surface area contributed by atoms with Crippen LogP contribution in [0.4, 0.5) is 4.79 Å². The molecule has 2 unspecified atom stereocenters. The zero-order valence-electron chi connectivity index (χ0n) is 11.4. The van der Waals surface area contributed by atoms with Crippen molar-refractivity contribution in [2.24, 2.45) is 11.7 Å². The van der Waals surface area contributed by atoms with Crippen molar-refractivity contribution < 1.29 is 14.3 Å². The topological polar surface area (TPSA) is 75.9 Å². The Labute approximate surface area is 108 Å². The van der Waals surface area contributed by atoms with E-state index >= 15 is 0 Å². The quantitative estimate of drug-likeness (QED) is 0.787. The number of rotatable bonds is 3. The van der Waals surface area contributed by atoms with Crippen LogP contribution in [0.1, 0.15) is 20.3 Å². The van der Waals surface area contributed by atoms with E-state index in [1.165, 1.54) is 7.11 Å². The van der Waals surface area contributed by atoms with Gasteiger partial charge in [0.1, 0.15) is 0 Å². The lowest BCUT2D eigenvalue weighted by molar-refractivity contribution is -0.135. The van der Waals surface area contributed by atoms with Gasteiger partial charge in [0, 0.05) is 26.2 Å². The summed E-state index contributed by atoms with van der Waals surface area (Å²) in [6, 6.07) is -0.445. The highest BCUT2D eigenvalue weighted by molar-refractivity contribution is 5.82. The summed E-state index contributed by atoms with van der Waals surface area (Å²) < 4.78 is 4.65. The molecule has 18 heavy (non-hydrogen) atoms. The highest BCUT2D eigenvalue weighted by atomic mass is 16.5. The largest absolute Gasteiger partial charge is 0.453 e. The Hall–Kier alpha value is -1.30. The number of nitrogens with two attached hydrogens (primary N) is 1. The van der Waals surface area contributed by atoms with Gasteiger partial charge in [-0.2, -0.15) is 0 Å². The highest BCUT2D eigenvalue weighted by Crippen LogP contribution is 2.11. The molecule has 6 nitrogen and oxygen atoms in total. The molecular weight excluding hydrogens is 234 g/mol. The van der Waals surface area contributed by atoms with Gasteiger partial charge in [-0.25, -0.2) is 4.79 Å². The fourth-order valence-corrected chi connectivity index (χ4v) is 1.95. The minimum absolute atomic E-state index is 0.0196. The van der Waals surface area contributed by atoms with Gasteiger partial charge < -0.3 is 20.3 Å². The highest BCUT2D eigenvalue weighted by Gasteiger charge is 2.29. The average molecular weight is 257 g/mol. The molecule has 0 spiro atoms. The summed E-state index contributed by atoms with van der Waals surface area (Å²) in [4.78, 5) is 26.7. The maximum atomic E-state index is 12.1. The van der Waals surface area contributed by atoms with Crippen molar-refractivity contribution >= 4 is 12.0 Å². The molecule has 0 aromatic rings. The van der Waals surface area contributed by atoms with Crippen LogP contribution in [0, 0.1) is 5.92 Å². The molecule has 2 atom stereocenters. The van der Waals surface area contributed by atoms with E-state index < -0.39 is 6.04 Å². The molecule has 0 bridgehead atoms. The lowest BCUT2D eigenvalue weighted by atomic mass is 9.98. The zero-order chi connectivity index (χ0) is 13.7. The molecule has 1 saturated heterocycles. The van der Waals surface area contributed by atoms with Crippen LogP contribution in [0.3, 0.4) is 0 Å². The number of ether oxygens (including phenoxy) is 1. The van der Waals surface area contributed by atoms with Gasteiger partial charge in [0.2, 0.25) is 5.91 Å². The average Bonchev–Trinajstić information content (AvgIpc) is 2.44. The van der Waals surface area contributed by atoms with E-state index in [4.69, 9.17) is 5.73 Å².